The molecule has 2 heteroatoms. The molecular formula is C21H14N2. The van der Waals surface area contributed by atoms with Crippen LogP contribution in [0.25, 0.3) is 33.2 Å². The first kappa shape index (κ1) is 13.4. The van der Waals surface area contributed by atoms with E-state index in [0.29, 0.717) is 5.69 Å². The van der Waals surface area contributed by atoms with E-state index >= 15 is 0 Å². The Hall–Kier alpha value is -3.31. The number of fused-ring (bicyclic) bond motifs is 1. The Morgan fingerprint density at radius 3 is 2.22 bits per heavy atom. The third kappa shape index (κ3) is 2.39. The molecule has 0 saturated heterocycles. The van der Waals surface area contributed by atoms with Crippen molar-refractivity contribution in [2.24, 2.45) is 0 Å². The van der Waals surface area contributed by atoms with E-state index in [1.165, 1.54) is 10.8 Å². The van der Waals surface area contributed by atoms with E-state index in [9.17, 15) is 5.26 Å². The summed E-state index contributed by atoms with van der Waals surface area (Å²) in [6, 6.07) is 28.9. The summed E-state index contributed by atoms with van der Waals surface area (Å²) >= 11 is 0. The molecule has 1 aromatic heterocycles. The summed E-state index contributed by atoms with van der Waals surface area (Å²) in [7, 11) is 0. The second-order valence-corrected chi connectivity index (χ2v) is 5.51. The third-order valence-electron chi connectivity index (χ3n) is 4.07. The van der Waals surface area contributed by atoms with Crippen LogP contribution >= 0.6 is 0 Å². The smallest absolute Gasteiger partial charge is 0.125 e. The third-order valence-corrected chi connectivity index (χ3v) is 4.07. The summed E-state index contributed by atoms with van der Waals surface area (Å²) in [5.74, 6) is 0. The second-order valence-electron chi connectivity index (χ2n) is 5.51. The summed E-state index contributed by atoms with van der Waals surface area (Å²) in [6.07, 6.45) is 0. The molecular weight excluding hydrogens is 280 g/mol. The van der Waals surface area contributed by atoms with Crippen LogP contribution in [-0.2, 0) is 0 Å². The molecule has 0 amide bonds. The van der Waals surface area contributed by atoms with E-state index < -0.39 is 0 Å². The van der Waals surface area contributed by atoms with Crippen molar-refractivity contribution in [1.29, 1.82) is 5.26 Å². The van der Waals surface area contributed by atoms with Gasteiger partial charge < -0.3 is 4.98 Å². The fourth-order valence-electron chi connectivity index (χ4n) is 2.90. The molecule has 0 bridgehead atoms. The lowest BCUT2D eigenvalue weighted by molar-refractivity contribution is 1.33. The van der Waals surface area contributed by atoms with E-state index in [1.807, 2.05) is 42.5 Å². The van der Waals surface area contributed by atoms with Crippen LogP contribution < -0.4 is 0 Å². The summed E-state index contributed by atoms with van der Waals surface area (Å²) < 4.78 is 0. The van der Waals surface area contributed by atoms with Crippen LogP contribution in [0.15, 0.2) is 78.9 Å². The van der Waals surface area contributed by atoms with Crippen LogP contribution in [0.3, 0.4) is 0 Å². The van der Waals surface area contributed by atoms with E-state index in [1.54, 1.807) is 0 Å². The van der Waals surface area contributed by atoms with Crippen LogP contribution in [0.4, 0.5) is 0 Å². The highest BCUT2D eigenvalue weighted by molar-refractivity contribution is 5.88. The molecule has 0 atom stereocenters. The van der Waals surface area contributed by atoms with Gasteiger partial charge in [0.05, 0.1) is 0 Å². The number of aromatic nitrogens is 1. The number of rotatable bonds is 2. The Morgan fingerprint density at radius 2 is 1.43 bits per heavy atom. The van der Waals surface area contributed by atoms with Crippen LogP contribution in [0.2, 0.25) is 0 Å². The molecule has 0 unspecified atom stereocenters. The summed E-state index contributed by atoms with van der Waals surface area (Å²) in [5.41, 5.74) is 4.64. The quantitative estimate of drug-likeness (QED) is 0.530. The topological polar surface area (TPSA) is 39.6 Å². The Kier molecular flexibility index (Phi) is 3.18. The van der Waals surface area contributed by atoms with E-state index in [4.69, 9.17) is 0 Å². The van der Waals surface area contributed by atoms with Gasteiger partial charge >= 0.3 is 0 Å². The van der Waals surface area contributed by atoms with Gasteiger partial charge in [-0.2, -0.15) is 5.26 Å². The molecule has 0 aliphatic carbocycles. The molecule has 4 aromatic rings. The molecule has 108 valence electrons. The molecule has 0 spiro atoms. The number of nitriles is 1. The van der Waals surface area contributed by atoms with Crippen LogP contribution in [-0.4, -0.2) is 4.98 Å². The zero-order valence-corrected chi connectivity index (χ0v) is 12.5. The van der Waals surface area contributed by atoms with Gasteiger partial charge in [0.15, 0.2) is 0 Å². The van der Waals surface area contributed by atoms with Crippen molar-refractivity contribution in [3.05, 3.63) is 84.6 Å². The highest BCUT2D eigenvalue weighted by Crippen LogP contribution is 2.30. The highest BCUT2D eigenvalue weighted by atomic mass is 14.7. The fraction of sp³-hybridized carbons (Fsp3) is 0. The van der Waals surface area contributed by atoms with Crippen molar-refractivity contribution in [3.8, 4) is 28.5 Å². The maximum atomic E-state index is 9.43. The Labute approximate surface area is 134 Å². The van der Waals surface area contributed by atoms with Crippen LogP contribution in [0.1, 0.15) is 5.69 Å². The average molecular weight is 294 g/mol. The van der Waals surface area contributed by atoms with Gasteiger partial charge in [0.25, 0.3) is 0 Å². The van der Waals surface area contributed by atoms with E-state index in [-0.39, 0.29) is 0 Å². The Morgan fingerprint density at radius 1 is 0.696 bits per heavy atom. The number of nitrogens with one attached hydrogen (secondary N) is 1. The normalized spacial score (nSPS) is 10.6. The molecule has 1 N–H and O–H groups in total. The molecule has 0 aliphatic heterocycles. The molecule has 0 aliphatic rings. The number of benzene rings is 3. The Bertz CT molecular complexity index is 1020. The summed E-state index contributed by atoms with van der Waals surface area (Å²) in [4.78, 5) is 3.25. The van der Waals surface area contributed by atoms with E-state index in [0.717, 1.165) is 22.4 Å². The predicted octanol–water partition coefficient (Wildman–Crippen LogP) is 5.37. The predicted molar refractivity (Wildman–Crippen MR) is 93.9 cm³/mol. The zero-order valence-electron chi connectivity index (χ0n) is 12.5. The molecule has 1 heterocycles. The maximum Gasteiger partial charge on any atom is 0.125 e. The van der Waals surface area contributed by atoms with Crippen LogP contribution in [0.5, 0.6) is 0 Å². The number of nitrogens with zero attached hydrogens (tertiary/aromatic N) is 1. The van der Waals surface area contributed by atoms with Gasteiger partial charge in [-0.3, -0.25) is 0 Å². The minimum Gasteiger partial charge on any atom is -0.346 e. The van der Waals surface area contributed by atoms with Gasteiger partial charge in [0.1, 0.15) is 11.8 Å². The Balaban J connectivity index is 1.86. The first-order chi connectivity index (χ1) is 11.3. The first-order valence-electron chi connectivity index (χ1n) is 7.53. The SMILES string of the molecule is N#Cc1[nH]c(-c2ccc3ccccc3c2)cc1-c1ccccc1. The monoisotopic (exact) mass is 294 g/mol. The van der Waals surface area contributed by atoms with Crippen molar-refractivity contribution in [3.63, 3.8) is 0 Å². The molecule has 0 radical (unpaired) electrons. The first-order valence-corrected chi connectivity index (χ1v) is 7.53. The van der Waals surface area contributed by atoms with Gasteiger partial charge in [0, 0.05) is 11.3 Å². The van der Waals surface area contributed by atoms with Crippen molar-refractivity contribution in [2.75, 3.05) is 0 Å². The number of hydrogen-bond donors (Lipinski definition) is 1. The second kappa shape index (κ2) is 5.47. The zero-order chi connectivity index (χ0) is 15.6. The van der Waals surface area contributed by atoms with Crippen molar-refractivity contribution in [2.45, 2.75) is 0 Å². The number of aromatic amines is 1. The van der Waals surface area contributed by atoms with Crippen molar-refractivity contribution in [1.82, 2.24) is 4.98 Å². The number of H-pyrrole nitrogens is 1. The number of hydrogen-bond acceptors (Lipinski definition) is 1. The van der Waals surface area contributed by atoms with Gasteiger partial charge in [-0.05, 0) is 34.0 Å². The molecule has 4 rings (SSSR count). The summed E-state index contributed by atoms with van der Waals surface area (Å²) in [6.45, 7) is 0. The average Bonchev–Trinajstić information content (AvgIpc) is 3.06. The molecule has 23 heavy (non-hydrogen) atoms. The van der Waals surface area contributed by atoms with Gasteiger partial charge in [-0.1, -0.05) is 66.7 Å². The van der Waals surface area contributed by atoms with Gasteiger partial charge in [-0.15, -0.1) is 0 Å². The minimum absolute atomic E-state index is 0.597. The standard InChI is InChI=1S/C21H14N2/c22-14-21-19(16-7-2-1-3-8-16)13-20(23-21)18-11-10-15-6-4-5-9-17(15)12-18/h1-13,23H. The van der Waals surface area contributed by atoms with Crippen molar-refractivity contribution >= 4 is 10.8 Å². The maximum absolute atomic E-state index is 9.43. The largest absolute Gasteiger partial charge is 0.346 e. The molecule has 0 fully saturated rings. The molecule has 0 saturated carbocycles. The molecule has 2 nitrogen and oxygen atoms in total. The minimum atomic E-state index is 0.597. The molecule has 3 aromatic carbocycles. The van der Waals surface area contributed by atoms with Gasteiger partial charge in [-0.25, -0.2) is 0 Å². The lowest BCUT2D eigenvalue weighted by atomic mass is 10.0. The van der Waals surface area contributed by atoms with Crippen molar-refractivity contribution < 1.29 is 0 Å². The van der Waals surface area contributed by atoms with E-state index in [2.05, 4.69) is 47.5 Å². The lowest BCUT2D eigenvalue weighted by Gasteiger charge is -2.01. The fourth-order valence-corrected chi connectivity index (χ4v) is 2.90. The summed E-state index contributed by atoms with van der Waals surface area (Å²) in [5, 5.41) is 11.8. The highest BCUT2D eigenvalue weighted by Gasteiger charge is 2.11. The van der Waals surface area contributed by atoms with Gasteiger partial charge in [0.2, 0.25) is 0 Å². The van der Waals surface area contributed by atoms with Crippen LogP contribution in [0, 0.1) is 11.3 Å². The lowest BCUT2D eigenvalue weighted by Crippen LogP contribution is -1.80.